The molecule has 0 aliphatic rings. The lowest BCUT2D eigenvalue weighted by Crippen LogP contribution is -2.20. The van der Waals surface area contributed by atoms with E-state index in [1.807, 2.05) is 0 Å². The topological polar surface area (TPSA) is 127 Å². The van der Waals surface area contributed by atoms with Crippen LogP contribution >= 0.6 is 27.3 Å². The monoisotopic (exact) mass is 484 g/mol. The first kappa shape index (κ1) is 19.8. The van der Waals surface area contributed by atoms with Gasteiger partial charge in [0, 0.05) is 21.6 Å². The normalized spacial score (nSPS) is 10.8. The number of hydrogen-bond donors (Lipinski definition) is 3. The minimum Gasteiger partial charge on any atom is -0.494 e. The molecule has 0 spiro atoms. The fourth-order valence-corrected chi connectivity index (χ4v) is 4.27. The fourth-order valence-electron chi connectivity index (χ4n) is 3.14. The summed E-state index contributed by atoms with van der Waals surface area (Å²) in [6.45, 7) is 0. The van der Waals surface area contributed by atoms with Gasteiger partial charge in [-0.2, -0.15) is 0 Å². The van der Waals surface area contributed by atoms with E-state index in [9.17, 15) is 19.5 Å². The highest BCUT2D eigenvalue weighted by molar-refractivity contribution is 9.10. The van der Waals surface area contributed by atoms with Crippen LogP contribution in [-0.4, -0.2) is 32.4 Å². The molecule has 0 radical (unpaired) electrons. The molecule has 1 aromatic carbocycles. The van der Waals surface area contributed by atoms with Crippen molar-refractivity contribution in [1.82, 2.24) is 9.55 Å². The van der Waals surface area contributed by atoms with Crippen molar-refractivity contribution in [3.05, 3.63) is 74.5 Å². The summed E-state index contributed by atoms with van der Waals surface area (Å²) in [5.41, 5.74) is 5.44. The second-order valence-corrected chi connectivity index (χ2v) is 8.06. The maximum Gasteiger partial charge on any atom is 0.326 e. The Kier molecular flexibility index (Phi) is 5.10. The van der Waals surface area contributed by atoms with Crippen LogP contribution in [0.2, 0.25) is 0 Å². The molecule has 3 aromatic heterocycles. The summed E-state index contributed by atoms with van der Waals surface area (Å²) in [6, 6.07) is 10.3. The van der Waals surface area contributed by atoms with Crippen molar-refractivity contribution in [3.63, 3.8) is 0 Å². The van der Waals surface area contributed by atoms with Crippen LogP contribution in [0.1, 0.15) is 25.6 Å². The van der Waals surface area contributed by atoms with Gasteiger partial charge in [0.05, 0.1) is 10.4 Å². The van der Waals surface area contributed by atoms with Crippen LogP contribution in [0.25, 0.3) is 10.9 Å². The summed E-state index contributed by atoms with van der Waals surface area (Å²) in [4.78, 5) is 42.6. The molecule has 0 saturated heterocycles. The van der Waals surface area contributed by atoms with E-state index in [1.165, 1.54) is 29.7 Å². The number of halogens is 1. The van der Waals surface area contributed by atoms with Gasteiger partial charge in [-0.15, -0.1) is 11.3 Å². The number of rotatable bonds is 4. The van der Waals surface area contributed by atoms with Crippen LogP contribution in [0.4, 0.5) is 10.6 Å². The van der Waals surface area contributed by atoms with Gasteiger partial charge < -0.3 is 16.2 Å². The molecule has 0 bridgehead atoms. The molecule has 10 heteroatoms. The summed E-state index contributed by atoms with van der Waals surface area (Å²) < 4.78 is 1.25. The zero-order valence-corrected chi connectivity index (χ0v) is 17.5. The van der Waals surface area contributed by atoms with Gasteiger partial charge in [-0.1, -0.05) is 28.1 Å². The third-order valence-electron chi connectivity index (χ3n) is 4.35. The Balaban J connectivity index is 1.96. The van der Waals surface area contributed by atoms with Crippen molar-refractivity contribution in [2.45, 2.75) is 0 Å². The van der Waals surface area contributed by atoms with Crippen molar-refractivity contribution in [2.75, 3.05) is 5.32 Å². The van der Waals surface area contributed by atoms with Gasteiger partial charge >= 0.3 is 6.03 Å². The van der Waals surface area contributed by atoms with E-state index in [0.717, 1.165) is 4.57 Å². The molecule has 4 rings (SSSR count). The summed E-state index contributed by atoms with van der Waals surface area (Å²) >= 11 is 4.57. The Morgan fingerprint density at radius 3 is 2.60 bits per heavy atom. The number of hydrogen-bond acceptors (Lipinski definition) is 6. The average Bonchev–Trinajstić information content (AvgIpc) is 3.33. The molecule has 4 N–H and O–H groups in total. The number of aromatic hydroxyl groups is 1. The van der Waals surface area contributed by atoms with Gasteiger partial charge in [0.15, 0.2) is 0 Å². The van der Waals surface area contributed by atoms with Crippen LogP contribution in [0, 0.1) is 0 Å². The van der Waals surface area contributed by atoms with Crippen LogP contribution in [-0.2, 0) is 0 Å². The number of benzene rings is 1. The number of carbonyl (C=O) groups is 3. The number of pyridine rings is 1. The maximum atomic E-state index is 13.1. The third kappa shape index (κ3) is 3.36. The lowest BCUT2D eigenvalue weighted by molar-refractivity contribution is 0.102. The largest absolute Gasteiger partial charge is 0.494 e. The number of anilines is 1. The number of carbonyl (C=O) groups excluding carboxylic acids is 3. The van der Waals surface area contributed by atoms with Crippen molar-refractivity contribution in [3.8, 4) is 5.88 Å². The van der Waals surface area contributed by atoms with Crippen LogP contribution < -0.4 is 11.1 Å². The first-order chi connectivity index (χ1) is 14.4. The van der Waals surface area contributed by atoms with Gasteiger partial charge in [0.25, 0.3) is 5.91 Å². The summed E-state index contributed by atoms with van der Waals surface area (Å²) in [5, 5.41) is 15.2. The minimum absolute atomic E-state index is 0.0489. The van der Waals surface area contributed by atoms with Gasteiger partial charge in [0.1, 0.15) is 11.4 Å². The highest BCUT2D eigenvalue weighted by atomic mass is 79.9. The standard InChI is InChI=1S/C20H13BrN4O4S/c21-10-8-11-15(18(27)24-14-5-1-2-6-23-14)19(28)25(20(22)29)16(11)12(9-10)17(26)13-4-3-7-30-13/h1-9,28H,(H2,22,29)(H,23,24,27). The van der Waals surface area contributed by atoms with E-state index in [2.05, 4.69) is 26.2 Å². The molecule has 0 aliphatic heterocycles. The molecule has 0 atom stereocenters. The van der Waals surface area contributed by atoms with Crippen LogP contribution in [0.3, 0.4) is 0 Å². The Hall–Kier alpha value is -3.50. The molecule has 2 amide bonds. The van der Waals surface area contributed by atoms with E-state index >= 15 is 0 Å². The SMILES string of the molecule is NC(=O)n1c(O)c(C(=O)Nc2ccccn2)c2cc(Br)cc(C(=O)c3cccs3)c21. The van der Waals surface area contributed by atoms with E-state index in [4.69, 9.17) is 5.73 Å². The average molecular weight is 485 g/mol. The predicted octanol–water partition coefficient (Wildman–Crippen LogP) is 3.98. The molecule has 3 heterocycles. The van der Waals surface area contributed by atoms with Crippen molar-refractivity contribution in [2.24, 2.45) is 5.73 Å². The number of nitrogens with zero attached hydrogens (tertiary/aromatic N) is 2. The lowest BCUT2D eigenvalue weighted by Gasteiger charge is -2.07. The fraction of sp³-hybridized carbons (Fsp3) is 0. The van der Waals surface area contributed by atoms with Crippen LogP contribution in [0.15, 0.2) is 58.5 Å². The summed E-state index contributed by atoms with van der Waals surface area (Å²) in [5.74, 6) is -1.48. The number of amides is 2. The molecule has 30 heavy (non-hydrogen) atoms. The third-order valence-corrected chi connectivity index (χ3v) is 5.67. The number of primary amides is 1. The molecule has 150 valence electrons. The smallest absolute Gasteiger partial charge is 0.326 e. The second kappa shape index (κ2) is 7.73. The highest BCUT2D eigenvalue weighted by Gasteiger charge is 2.29. The Morgan fingerprint density at radius 2 is 1.97 bits per heavy atom. The number of fused-ring (bicyclic) bond motifs is 1. The van der Waals surface area contributed by atoms with Crippen molar-refractivity contribution < 1.29 is 19.5 Å². The number of nitrogens with one attached hydrogen (secondary N) is 1. The molecule has 8 nitrogen and oxygen atoms in total. The summed E-state index contributed by atoms with van der Waals surface area (Å²) in [6.07, 6.45) is 1.50. The quantitative estimate of drug-likeness (QED) is 0.377. The molecule has 0 unspecified atom stereocenters. The second-order valence-electron chi connectivity index (χ2n) is 6.20. The van der Waals surface area contributed by atoms with E-state index < -0.39 is 17.8 Å². The Labute approximate surface area is 182 Å². The van der Waals surface area contributed by atoms with Crippen LogP contribution in [0.5, 0.6) is 5.88 Å². The van der Waals surface area contributed by atoms with Gasteiger partial charge in [-0.3, -0.25) is 9.59 Å². The Bertz CT molecular complexity index is 1300. The molecule has 0 fully saturated rings. The lowest BCUT2D eigenvalue weighted by atomic mass is 10.0. The molecule has 0 aliphatic carbocycles. The highest BCUT2D eigenvalue weighted by Crippen LogP contribution is 2.37. The van der Waals surface area contributed by atoms with Gasteiger partial charge in [-0.05, 0) is 35.7 Å². The minimum atomic E-state index is -1.03. The molecular weight excluding hydrogens is 472 g/mol. The van der Waals surface area contributed by atoms with Gasteiger partial charge in [0.2, 0.25) is 11.7 Å². The van der Waals surface area contributed by atoms with Crippen molar-refractivity contribution >= 4 is 61.7 Å². The predicted molar refractivity (Wildman–Crippen MR) is 116 cm³/mol. The van der Waals surface area contributed by atoms with E-state index in [-0.39, 0.29) is 33.6 Å². The van der Waals surface area contributed by atoms with Gasteiger partial charge in [-0.25, -0.2) is 14.3 Å². The summed E-state index contributed by atoms with van der Waals surface area (Å²) in [7, 11) is 0. The van der Waals surface area contributed by atoms with Crippen molar-refractivity contribution in [1.29, 1.82) is 0 Å². The first-order valence-electron chi connectivity index (χ1n) is 8.55. The van der Waals surface area contributed by atoms with E-state index in [1.54, 1.807) is 35.7 Å². The van der Waals surface area contributed by atoms with E-state index in [0.29, 0.717) is 9.35 Å². The molecular formula is C20H13BrN4O4S. The number of nitrogens with two attached hydrogens (primary N) is 1. The number of thiophene rings is 1. The molecule has 0 saturated carbocycles. The zero-order chi connectivity index (χ0) is 21.4. The Morgan fingerprint density at radius 1 is 1.17 bits per heavy atom. The zero-order valence-electron chi connectivity index (χ0n) is 15.1. The maximum absolute atomic E-state index is 13.1. The number of ketones is 1. The molecule has 4 aromatic rings. The first-order valence-corrected chi connectivity index (χ1v) is 10.2. The number of aromatic nitrogens is 2.